The van der Waals surface area contributed by atoms with Gasteiger partial charge in [-0.3, -0.25) is 4.99 Å². The lowest BCUT2D eigenvalue weighted by atomic mass is 10.1. The number of ether oxygens (including phenoxy) is 3. The summed E-state index contributed by atoms with van der Waals surface area (Å²) in [5.74, 6) is 0.733. The van der Waals surface area contributed by atoms with Crippen molar-refractivity contribution in [1.82, 2.24) is 10.2 Å². The van der Waals surface area contributed by atoms with Crippen molar-refractivity contribution in [1.29, 1.82) is 0 Å². The summed E-state index contributed by atoms with van der Waals surface area (Å²) in [6.07, 6.45) is -1.53. The zero-order chi connectivity index (χ0) is 17.4. The number of rotatable bonds is 6. The minimum absolute atomic E-state index is 0.0370. The maximum absolute atomic E-state index is 12.0. The quantitative estimate of drug-likeness (QED) is 0.445. The molecular weight excluding hydrogens is 327 g/mol. The van der Waals surface area contributed by atoms with Gasteiger partial charge in [-0.2, -0.15) is 13.2 Å². The minimum atomic E-state index is -4.27. The van der Waals surface area contributed by atoms with Crippen LogP contribution in [0.4, 0.5) is 13.2 Å². The Hall–Kier alpha value is -1.06. The number of aliphatic imine (C=N–C) groups is 1. The monoisotopic (exact) mass is 353 g/mol. The van der Waals surface area contributed by atoms with E-state index in [1.165, 1.54) is 0 Å². The Morgan fingerprint density at radius 2 is 2.08 bits per heavy atom. The molecular formula is C15H26F3N3O3. The zero-order valence-corrected chi connectivity index (χ0v) is 14.0. The van der Waals surface area contributed by atoms with Crippen molar-refractivity contribution in [3.8, 4) is 0 Å². The number of hydrogen-bond acceptors (Lipinski definition) is 4. The highest BCUT2D eigenvalue weighted by molar-refractivity contribution is 5.80. The van der Waals surface area contributed by atoms with Crippen LogP contribution in [-0.4, -0.2) is 82.4 Å². The molecule has 0 aromatic rings. The molecule has 0 aromatic carbocycles. The normalized spacial score (nSPS) is 26.0. The highest BCUT2D eigenvalue weighted by Gasteiger charge is 2.32. The summed E-state index contributed by atoms with van der Waals surface area (Å²) in [6, 6.07) is 0. The van der Waals surface area contributed by atoms with Crippen LogP contribution in [0.15, 0.2) is 4.99 Å². The fourth-order valence-corrected chi connectivity index (χ4v) is 2.88. The second kappa shape index (κ2) is 9.43. The molecule has 24 heavy (non-hydrogen) atoms. The molecule has 0 aromatic heterocycles. The lowest BCUT2D eigenvalue weighted by Crippen LogP contribution is -2.53. The van der Waals surface area contributed by atoms with Crippen LogP contribution < -0.4 is 5.32 Å². The smallest absolute Gasteiger partial charge is 0.375 e. The molecule has 2 saturated heterocycles. The summed E-state index contributed by atoms with van der Waals surface area (Å²) in [5, 5.41) is 3.17. The molecule has 0 spiro atoms. The van der Waals surface area contributed by atoms with Crippen LogP contribution in [0, 0.1) is 0 Å². The second-order valence-corrected chi connectivity index (χ2v) is 5.90. The third-order valence-electron chi connectivity index (χ3n) is 4.00. The third-order valence-corrected chi connectivity index (χ3v) is 4.00. The molecule has 2 unspecified atom stereocenters. The fraction of sp³-hybridized carbons (Fsp3) is 0.933. The first-order valence-corrected chi connectivity index (χ1v) is 8.33. The second-order valence-electron chi connectivity index (χ2n) is 5.90. The van der Waals surface area contributed by atoms with E-state index in [1.54, 1.807) is 7.05 Å². The van der Waals surface area contributed by atoms with E-state index < -0.39 is 12.8 Å². The molecule has 2 rings (SSSR count). The van der Waals surface area contributed by atoms with Crippen LogP contribution >= 0.6 is 0 Å². The first-order chi connectivity index (χ1) is 11.5. The SMILES string of the molecule is CN=C(NCCCOCC(F)(F)F)N1CCOC(C2CCCO2)C1. The van der Waals surface area contributed by atoms with Gasteiger partial charge in [-0.15, -0.1) is 0 Å². The molecule has 140 valence electrons. The van der Waals surface area contributed by atoms with Crippen molar-refractivity contribution < 1.29 is 27.4 Å². The van der Waals surface area contributed by atoms with E-state index in [4.69, 9.17) is 9.47 Å². The van der Waals surface area contributed by atoms with Crippen LogP contribution in [0.2, 0.25) is 0 Å². The first kappa shape index (κ1) is 19.3. The van der Waals surface area contributed by atoms with Crippen LogP contribution in [0.25, 0.3) is 0 Å². The minimum Gasteiger partial charge on any atom is -0.375 e. The Labute approximate surface area is 140 Å². The molecule has 2 aliphatic rings. The average molecular weight is 353 g/mol. The van der Waals surface area contributed by atoms with E-state index in [1.807, 2.05) is 0 Å². The molecule has 0 aliphatic carbocycles. The van der Waals surface area contributed by atoms with Crippen molar-refractivity contribution >= 4 is 5.96 Å². The van der Waals surface area contributed by atoms with Crippen LogP contribution in [0.1, 0.15) is 19.3 Å². The summed E-state index contributed by atoms with van der Waals surface area (Å²) in [7, 11) is 1.69. The number of hydrogen-bond donors (Lipinski definition) is 1. The Morgan fingerprint density at radius 1 is 1.29 bits per heavy atom. The first-order valence-electron chi connectivity index (χ1n) is 8.33. The maximum Gasteiger partial charge on any atom is 0.411 e. The highest BCUT2D eigenvalue weighted by atomic mass is 19.4. The van der Waals surface area contributed by atoms with Gasteiger partial charge in [0.1, 0.15) is 12.7 Å². The molecule has 0 radical (unpaired) electrons. The van der Waals surface area contributed by atoms with Gasteiger partial charge in [0.2, 0.25) is 0 Å². The van der Waals surface area contributed by atoms with Gasteiger partial charge in [-0.05, 0) is 19.3 Å². The number of halogens is 3. The Bertz CT molecular complexity index is 401. The highest BCUT2D eigenvalue weighted by Crippen LogP contribution is 2.21. The summed E-state index contributed by atoms with van der Waals surface area (Å²) in [6.45, 7) is 2.20. The Morgan fingerprint density at radius 3 is 2.75 bits per heavy atom. The van der Waals surface area contributed by atoms with Gasteiger partial charge in [0.25, 0.3) is 0 Å². The van der Waals surface area contributed by atoms with Crippen LogP contribution in [0.3, 0.4) is 0 Å². The summed E-state index contributed by atoms with van der Waals surface area (Å²) in [4.78, 5) is 6.35. The average Bonchev–Trinajstić information content (AvgIpc) is 3.08. The molecule has 0 bridgehead atoms. The number of alkyl halides is 3. The predicted octanol–water partition coefficient (Wildman–Crippen LogP) is 1.41. The number of nitrogens with one attached hydrogen (secondary N) is 1. The molecule has 1 N–H and O–H groups in total. The molecule has 2 atom stereocenters. The predicted molar refractivity (Wildman–Crippen MR) is 83.1 cm³/mol. The molecule has 2 aliphatic heterocycles. The Kier molecular flexibility index (Phi) is 7.57. The summed E-state index contributed by atoms with van der Waals surface area (Å²) >= 11 is 0. The third kappa shape index (κ3) is 6.45. The van der Waals surface area contributed by atoms with Gasteiger partial charge in [0, 0.05) is 39.9 Å². The summed E-state index contributed by atoms with van der Waals surface area (Å²) < 4.78 is 52.0. The zero-order valence-electron chi connectivity index (χ0n) is 14.0. The molecule has 2 heterocycles. The molecule has 9 heteroatoms. The lowest BCUT2D eigenvalue weighted by Gasteiger charge is -2.37. The van der Waals surface area contributed by atoms with E-state index >= 15 is 0 Å². The van der Waals surface area contributed by atoms with Gasteiger partial charge in [-0.25, -0.2) is 0 Å². The maximum atomic E-state index is 12.0. The standard InChI is InChI=1S/C15H26F3N3O3/c1-19-14(20-5-3-7-22-11-15(16,17)18)21-6-9-24-13(10-21)12-4-2-8-23-12/h12-13H,2-11H2,1H3,(H,19,20). The Balaban J connectivity index is 1.67. The molecule has 2 fully saturated rings. The number of nitrogens with zero attached hydrogens (tertiary/aromatic N) is 2. The van der Waals surface area contributed by atoms with Gasteiger partial charge in [0.15, 0.2) is 5.96 Å². The van der Waals surface area contributed by atoms with E-state index in [-0.39, 0.29) is 18.8 Å². The van der Waals surface area contributed by atoms with Crippen molar-refractivity contribution in [3.05, 3.63) is 0 Å². The van der Waals surface area contributed by atoms with Gasteiger partial charge in [-0.1, -0.05) is 0 Å². The number of morpholine rings is 1. The van der Waals surface area contributed by atoms with Crippen LogP contribution in [-0.2, 0) is 14.2 Å². The fourth-order valence-electron chi connectivity index (χ4n) is 2.88. The van der Waals surface area contributed by atoms with E-state index in [9.17, 15) is 13.2 Å². The van der Waals surface area contributed by atoms with Crippen LogP contribution in [0.5, 0.6) is 0 Å². The van der Waals surface area contributed by atoms with Crippen molar-refractivity contribution in [2.24, 2.45) is 4.99 Å². The number of guanidine groups is 1. The van der Waals surface area contributed by atoms with Gasteiger partial charge >= 0.3 is 6.18 Å². The van der Waals surface area contributed by atoms with E-state index in [0.29, 0.717) is 26.1 Å². The van der Waals surface area contributed by atoms with Crippen molar-refractivity contribution in [3.63, 3.8) is 0 Å². The van der Waals surface area contributed by atoms with Crippen molar-refractivity contribution in [2.75, 3.05) is 53.1 Å². The topological polar surface area (TPSA) is 55.3 Å². The van der Waals surface area contributed by atoms with Gasteiger partial charge < -0.3 is 24.4 Å². The molecule has 0 amide bonds. The van der Waals surface area contributed by atoms with E-state index in [2.05, 4.69) is 19.9 Å². The van der Waals surface area contributed by atoms with Gasteiger partial charge in [0.05, 0.1) is 12.7 Å². The molecule has 0 saturated carbocycles. The van der Waals surface area contributed by atoms with E-state index in [0.717, 1.165) is 32.0 Å². The molecule has 6 nitrogen and oxygen atoms in total. The summed E-state index contributed by atoms with van der Waals surface area (Å²) in [5.41, 5.74) is 0. The van der Waals surface area contributed by atoms with Crippen molar-refractivity contribution in [2.45, 2.75) is 37.6 Å². The lowest BCUT2D eigenvalue weighted by molar-refractivity contribution is -0.173. The largest absolute Gasteiger partial charge is 0.411 e.